The normalized spacial score (nSPS) is 20.8. The van der Waals surface area contributed by atoms with E-state index in [1.807, 2.05) is 22.9 Å². The van der Waals surface area contributed by atoms with Gasteiger partial charge in [-0.15, -0.1) is 5.10 Å². The number of nitrogens with one attached hydrogen (secondary N) is 3. The minimum absolute atomic E-state index is 0.0550. The predicted molar refractivity (Wildman–Crippen MR) is 121 cm³/mol. The number of quaternary nitrogens is 2. The van der Waals surface area contributed by atoms with Gasteiger partial charge in [0.25, 0.3) is 5.56 Å². The average molecular weight is 426 g/mol. The lowest BCUT2D eigenvalue weighted by atomic mass is 10.0. The first-order valence-electron chi connectivity index (χ1n) is 11.4. The zero-order valence-corrected chi connectivity index (χ0v) is 19.3. The van der Waals surface area contributed by atoms with E-state index in [4.69, 9.17) is 0 Å². The second-order valence-electron chi connectivity index (χ2n) is 9.86. The van der Waals surface area contributed by atoms with Crippen molar-refractivity contribution in [3.8, 4) is 0 Å². The highest BCUT2D eigenvalue weighted by molar-refractivity contribution is 5.79. The molecule has 0 bridgehead atoms. The molecule has 8 heteroatoms. The highest BCUT2D eigenvalue weighted by atomic mass is 16.1. The smallest absolute Gasteiger partial charge is 0.258 e. The van der Waals surface area contributed by atoms with Crippen LogP contribution < -0.4 is 15.4 Å². The minimum atomic E-state index is -0.272. The van der Waals surface area contributed by atoms with Gasteiger partial charge in [0.15, 0.2) is 6.04 Å². The van der Waals surface area contributed by atoms with Crippen LogP contribution in [-0.2, 0) is 5.54 Å². The fourth-order valence-corrected chi connectivity index (χ4v) is 4.77. The summed E-state index contributed by atoms with van der Waals surface area (Å²) in [5, 5.41) is 13.8. The van der Waals surface area contributed by atoms with Gasteiger partial charge in [0.05, 0.1) is 17.6 Å². The van der Waals surface area contributed by atoms with Gasteiger partial charge in [-0.05, 0) is 68.1 Å². The van der Waals surface area contributed by atoms with Gasteiger partial charge in [-0.3, -0.25) is 4.79 Å². The number of aryl methyl sites for hydroxylation is 1. The molecular weight excluding hydrogens is 390 g/mol. The number of piperazine rings is 1. The number of hydrogen-bond donors (Lipinski definition) is 3. The van der Waals surface area contributed by atoms with E-state index in [9.17, 15) is 4.79 Å². The van der Waals surface area contributed by atoms with Crippen LogP contribution in [0.15, 0.2) is 29.1 Å². The van der Waals surface area contributed by atoms with Crippen molar-refractivity contribution in [3.63, 3.8) is 0 Å². The van der Waals surface area contributed by atoms with Gasteiger partial charge in [-0.2, -0.15) is 0 Å². The molecule has 2 aromatic heterocycles. The molecule has 0 spiro atoms. The first-order valence-corrected chi connectivity index (χ1v) is 11.4. The average Bonchev–Trinajstić information content (AvgIpc) is 3.20. The van der Waals surface area contributed by atoms with Crippen molar-refractivity contribution in [3.05, 3.63) is 51.6 Å². The zero-order valence-electron chi connectivity index (χ0n) is 19.3. The molecule has 1 atom stereocenters. The van der Waals surface area contributed by atoms with Crippen molar-refractivity contribution in [1.29, 1.82) is 0 Å². The molecular formula is C23H35N7O+2. The molecule has 0 saturated carbocycles. The van der Waals surface area contributed by atoms with Crippen molar-refractivity contribution in [1.82, 2.24) is 25.2 Å². The molecule has 8 nitrogen and oxygen atoms in total. The lowest BCUT2D eigenvalue weighted by molar-refractivity contribution is -1.02. The molecule has 1 aliphatic rings. The van der Waals surface area contributed by atoms with E-state index in [-0.39, 0.29) is 17.1 Å². The second-order valence-corrected chi connectivity index (χ2v) is 9.86. The van der Waals surface area contributed by atoms with Crippen molar-refractivity contribution < 1.29 is 9.80 Å². The summed E-state index contributed by atoms with van der Waals surface area (Å²) >= 11 is 0. The molecule has 1 aromatic carbocycles. The summed E-state index contributed by atoms with van der Waals surface area (Å²) in [5.74, 6) is 0.763. The highest BCUT2D eigenvalue weighted by Crippen LogP contribution is 2.22. The Morgan fingerprint density at radius 2 is 1.90 bits per heavy atom. The van der Waals surface area contributed by atoms with E-state index in [0.29, 0.717) is 0 Å². The van der Waals surface area contributed by atoms with Crippen LogP contribution in [0.2, 0.25) is 0 Å². The lowest BCUT2D eigenvalue weighted by Gasteiger charge is -2.34. The standard InChI is InChI=1S/C23H33N7O/c1-6-9-28-10-12-29(13-11-28)20(21-25-26-27-30(21)23(3,4)5)18-15-17-14-16(2)7-8-19(17)24-22(18)31/h7-8,14-15,20H,6,9-13H2,1-5H3,(H,24,31)/p+2/t20-/m1/s1. The van der Waals surface area contributed by atoms with Crippen molar-refractivity contribution in [2.24, 2.45) is 0 Å². The van der Waals surface area contributed by atoms with Crippen LogP contribution in [0.3, 0.4) is 0 Å². The largest absolute Gasteiger partial charge is 0.326 e. The van der Waals surface area contributed by atoms with Crippen LogP contribution in [0.5, 0.6) is 0 Å². The SMILES string of the molecule is CCC[NH+]1CC[NH+]([C@H](c2cc3cc(C)ccc3[nH]c2=O)c2nnnn2C(C)(C)C)CC1. The van der Waals surface area contributed by atoms with E-state index >= 15 is 0 Å². The van der Waals surface area contributed by atoms with Crippen molar-refractivity contribution >= 4 is 10.9 Å². The van der Waals surface area contributed by atoms with Gasteiger partial charge in [0.2, 0.25) is 5.82 Å². The maximum Gasteiger partial charge on any atom is 0.258 e. The minimum Gasteiger partial charge on any atom is -0.326 e. The Hall–Kier alpha value is -2.58. The van der Waals surface area contributed by atoms with Gasteiger partial charge >= 0.3 is 0 Å². The number of rotatable bonds is 5. The molecule has 0 aliphatic carbocycles. The van der Waals surface area contributed by atoms with E-state index in [0.717, 1.165) is 48.5 Å². The van der Waals surface area contributed by atoms with Crippen LogP contribution in [0.4, 0.5) is 0 Å². The molecule has 3 aromatic rings. The maximum absolute atomic E-state index is 13.3. The molecule has 0 radical (unpaired) electrons. The van der Waals surface area contributed by atoms with E-state index in [1.54, 1.807) is 4.90 Å². The van der Waals surface area contributed by atoms with Gasteiger partial charge < -0.3 is 14.8 Å². The number of hydrogen-bond acceptors (Lipinski definition) is 4. The lowest BCUT2D eigenvalue weighted by Crippen LogP contribution is -3.28. The Bertz CT molecular complexity index is 1100. The Labute approximate surface area is 183 Å². The number of tetrazole rings is 1. The van der Waals surface area contributed by atoms with Crippen LogP contribution >= 0.6 is 0 Å². The maximum atomic E-state index is 13.3. The molecule has 3 N–H and O–H groups in total. The van der Waals surface area contributed by atoms with Gasteiger partial charge in [0, 0.05) is 5.52 Å². The monoisotopic (exact) mass is 425 g/mol. The topological polar surface area (TPSA) is 85.3 Å². The summed E-state index contributed by atoms with van der Waals surface area (Å²) in [6, 6.07) is 7.97. The van der Waals surface area contributed by atoms with Crippen LogP contribution in [0.1, 0.15) is 57.1 Å². The number of aromatic amines is 1. The first kappa shape index (κ1) is 21.6. The van der Waals surface area contributed by atoms with E-state index in [1.165, 1.54) is 23.4 Å². The van der Waals surface area contributed by atoms with E-state index < -0.39 is 0 Å². The highest BCUT2D eigenvalue weighted by Gasteiger charge is 2.38. The second kappa shape index (κ2) is 8.51. The molecule has 3 heterocycles. The molecule has 31 heavy (non-hydrogen) atoms. The third-order valence-electron chi connectivity index (χ3n) is 6.34. The van der Waals surface area contributed by atoms with Gasteiger partial charge in [0.1, 0.15) is 26.2 Å². The molecule has 1 fully saturated rings. The summed E-state index contributed by atoms with van der Waals surface area (Å²) in [4.78, 5) is 19.4. The first-order chi connectivity index (χ1) is 14.8. The molecule has 1 aliphatic heterocycles. The van der Waals surface area contributed by atoms with Crippen molar-refractivity contribution in [2.45, 2.75) is 52.6 Å². The quantitative estimate of drug-likeness (QED) is 0.531. The van der Waals surface area contributed by atoms with Crippen molar-refractivity contribution in [2.75, 3.05) is 32.7 Å². The molecule has 1 saturated heterocycles. The third kappa shape index (κ3) is 4.41. The van der Waals surface area contributed by atoms with Crippen LogP contribution in [0.25, 0.3) is 10.9 Å². The van der Waals surface area contributed by atoms with Crippen LogP contribution in [0, 0.1) is 6.92 Å². The summed E-state index contributed by atoms with van der Waals surface area (Å²) in [5.41, 5.74) is 2.45. The number of aromatic nitrogens is 5. The Morgan fingerprint density at radius 1 is 1.16 bits per heavy atom. The summed E-state index contributed by atoms with van der Waals surface area (Å²) in [7, 11) is 0. The fourth-order valence-electron chi connectivity index (χ4n) is 4.77. The number of fused-ring (bicyclic) bond motifs is 1. The summed E-state index contributed by atoms with van der Waals surface area (Å²) in [6.07, 6.45) is 1.19. The molecule has 166 valence electrons. The zero-order chi connectivity index (χ0) is 22.2. The molecule has 0 unspecified atom stereocenters. The van der Waals surface area contributed by atoms with E-state index in [2.05, 4.69) is 61.2 Å². The third-order valence-corrected chi connectivity index (χ3v) is 6.34. The Balaban J connectivity index is 1.82. The predicted octanol–water partition coefficient (Wildman–Crippen LogP) is -0.139. The van der Waals surface area contributed by atoms with Crippen LogP contribution in [-0.4, -0.2) is 57.9 Å². The van der Waals surface area contributed by atoms with Gasteiger partial charge in [-0.1, -0.05) is 18.6 Å². The molecule has 4 rings (SSSR count). The van der Waals surface area contributed by atoms with Gasteiger partial charge in [-0.25, -0.2) is 4.68 Å². The number of nitrogens with zero attached hydrogens (tertiary/aromatic N) is 4. The summed E-state index contributed by atoms with van der Waals surface area (Å²) in [6.45, 7) is 16.0. The number of benzene rings is 1. The Morgan fingerprint density at radius 3 is 2.58 bits per heavy atom. The summed E-state index contributed by atoms with van der Waals surface area (Å²) < 4.78 is 1.88. The number of pyridine rings is 1. The fraction of sp³-hybridized carbons (Fsp3) is 0.565. The Kier molecular flexibility index (Phi) is 5.94. The number of H-pyrrole nitrogens is 1. The molecule has 0 amide bonds.